The van der Waals surface area contributed by atoms with Gasteiger partial charge in [-0.25, -0.2) is 0 Å². The van der Waals surface area contributed by atoms with E-state index in [1.807, 2.05) is 29.7 Å². The van der Waals surface area contributed by atoms with Crippen LogP contribution < -0.4 is 5.32 Å². The highest BCUT2D eigenvalue weighted by Gasteiger charge is 2.24. The highest BCUT2D eigenvalue weighted by Crippen LogP contribution is 2.31. The summed E-state index contributed by atoms with van der Waals surface area (Å²) in [5.41, 5.74) is 2.25. The van der Waals surface area contributed by atoms with Gasteiger partial charge in [0.1, 0.15) is 0 Å². The molecule has 0 fully saturated rings. The van der Waals surface area contributed by atoms with Crippen LogP contribution in [0.4, 0.5) is 8.63 Å². The van der Waals surface area contributed by atoms with E-state index in [0.29, 0.717) is 5.69 Å². The molecule has 1 aliphatic rings. The van der Waals surface area contributed by atoms with Gasteiger partial charge in [0.05, 0.1) is 0 Å². The van der Waals surface area contributed by atoms with Gasteiger partial charge in [0.2, 0.25) is 0 Å². The topological polar surface area (TPSA) is 17.0 Å². The Hall–Kier alpha value is -1.82. The van der Waals surface area contributed by atoms with Crippen molar-refractivity contribution in [2.45, 2.75) is 0 Å². The highest BCUT2D eigenvalue weighted by molar-refractivity contribution is 7.11. The lowest BCUT2D eigenvalue weighted by Gasteiger charge is -2.12. The van der Waals surface area contributed by atoms with Gasteiger partial charge in [-0.2, -0.15) is 0 Å². The van der Waals surface area contributed by atoms with Gasteiger partial charge in [0.25, 0.3) is 0 Å². The number of rotatable bonds is 3. The molecule has 96 valence electrons. The van der Waals surface area contributed by atoms with Gasteiger partial charge in [-0.3, -0.25) is 8.63 Å². The second-order valence-corrected chi connectivity index (χ2v) is 5.08. The van der Waals surface area contributed by atoms with Crippen LogP contribution in [0, 0.1) is 0 Å². The van der Waals surface area contributed by atoms with Crippen molar-refractivity contribution in [1.29, 1.82) is 0 Å². The summed E-state index contributed by atoms with van der Waals surface area (Å²) in [7, 11) is -2.54. The second kappa shape index (κ2) is 5.05. The molecule has 0 saturated heterocycles. The zero-order valence-electron chi connectivity index (χ0n) is 10.0. The maximum Gasteiger partial charge on any atom is 0.677 e. The fourth-order valence-electron chi connectivity index (χ4n) is 2.17. The molecule has 3 heterocycles. The summed E-state index contributed by atoms with van der Waals surface area (Å²) in [5.74, 6) is 0. The van der Waals surface area contributed by atoms with Crippen LogP contribution in [0.5, 0.6) is 0 Å². The zero-order valence-corrected chi connectivity index (χ0v) is 10.8. The lowest BCUT2D eigenvalue weighted by atomic mass is 10.1. The van der Waals surface area contributed by atoms with Crippen molar-refractivity contribution in [3.05, 3.63) is 64.3 Å². The van der Waals surface area contributed by atoms with E-state index in [1.54, 1.807) is 23.5 Å². The van der Waals surface area contributed by atoms with Gasteiger partial charge in [-0.15, -0.1) is 11.3 Å². The molecule has 19 heavy (non-hydrogen) atoms. The van der Waals surface area contributed by atoms with E-state index in [1.165, 1.54) is 6.20 Å². The van der Waals surface area contributed by atoms with E-state index >= 15 is 0 Å². The zero-order chi connectivity index (χ0) is 13.2. The molecule has 0 saturated carbocycles. The van der Waals surface area contributed by atoms with Gasteiger partial charge in [0, 0.05) is 28.4 Å². The van der Waals surface area contributed by atoms with Crippen LogP contribution in [0.2, 0.25) is 0 Å². The Kier molecular flexibility index (Phi) is 3.25. The highest BCUT2D eigenvalue weighted by atomic mass is 32.1. The number of halogens is 2. The summed E-state index contributed by atoms with van der Waals surface area (Å²) in [6.07, 6.45) is 5.34. The first-order chi connectivity index (χ1) is 9.27. The van der Waals surface area contributed by atoms with Gasteiger partial charge in [-0.05, 0) is 35.9 Å². The third-order valence-corrected chi connectivity index (χ3v) is 3.86. The van der Waals surface area contributed by atoms with Crippen molar-refractivity contribution in [3.63, 3.8) is 0 Å². The predicted molar refractivity (Wildman–Crippen MR) is 75.3 cm³/mol. The largest absolute Gasteiger partial charge is 0.677 e. The summed E-state index contributed by atoms with van der Waals surface area (Å²) >= 11 is 1.55. The third-order valence-electron chi connectivity index (χ3n) is 2.98. The maximum atomic E-state index is 13.1. The molecule has 0 bridgehead atoms. The first-order valence-corrected chi connectivity index (χ1v) is 6.79. The molecule has 0 atom stereocenters. The Morgan fingerprint density at radius 1 is 1.32 bits per heavy atom. The number of thiophene rings is 1. The molecule has 2 aromatic heterocycles. The standard InChI is InChI=1S/C13H11BF2N2S/c15-14(16)18-8-2-5-11(18)13(10-4-1-7-17-10)12-6-3-9-19-12/h1-6,8-9,17H,7H2/b13-10+. The third kappa shape index (κ3) is 2.23. The van der Waals surface area contributed by atoms with Crippen LogP contribution in [0.25, 0.3) is 5.57 Å². The number of hydrogen-bond donors (Lipinski definition) is 1. The molecule has 0 unspecified atom stereocenters. The van der Waals surface area contributed by atoms with Crippen LogP contribution in [0.3, 0.4) is 0 Å². The molecule has 2 aromatic rings. The summed E-state index contributed by atoms with van der Waals surface area (Å²) in [6, 6.07) is 7.24. The number of nitrogens with one attached hydrogen (secondary N) is 1. The summed E-state index contributed by atoms with van der Waals surface area (Å²) in [5, 5.41) is 5.16. The van der Waals surface area contributed by atoms with Crippen molar-refractivity contribution in [2.24, 2.45) is 0 Å². The fourth-order valence-corrected chi connectivity index (χ4v) is 2.96. The number of allylic oxidation sites excluding steroid dienone is 1. The van der Waals surface area contributed by atoms with Crippen LogP contribution in [0.1, 0.15) is 10.6 Å². The molecule has 3 rings (SSSR count). The summed E-state index contributed by atoms with van der Waals surface area (Å²) in [6.45, 7) is 0.736. The average molecular weight is 276 g/mol. The number of nitrogens with zero attached hydrogens (tertiary/aromatic N) is 1. The molecule has 0 radical (unpaired) electrons. The minimum atomic E-state index is -2.54. The minimum absolute atomic E-state index is 0.534. The Labute approximate surface area is 114 Å². The lowest BCUT2D eigenvalue weighted by Crippen LogP contribution is -2.16. The predicted octanol–water partition coefficient (Wildman–Crippen LogP) is 3.24. The molecule has 1 aliphatic heterocycles. The van der Waals surface area contributed by atoms with Gasteiger partial charge in [0.15, 0.2) is 0 Å². The maximum absolute atomic E-state index is 13.1. The number of aromatic nitrogens is 1. The first-order valence-electron chi connectivity index (χ1n) is 5.91. The Bertz CT molecular complexity index is 629. The van der Waals surface area contributed by atoms with Crippen molar-refractivity contribution in [2.75, 3.05) is 6.54 Å². The SMILES string of the molecule is FB(F)n1cccc1/C(=C1/C=CCN1)c1cccs1. The minimum Gasteiger partial charge on any atom is -0.381 e. The molecular formula is C13H11BF2N2S. The molecule has 0 aromatic carbocycles. The molecule has 0 amide bonds. The molecular weight excluding hydrogens is 265 g/mol. The van der Waals surface area contributed by atoms with Gasteiger partial charge in [-0.1, -0.05) is 12.1 Å². The summed E-state index contributed by atoms with van der Waals surface area (Å²) < 4.78 is 27.1. The summed E-state index contributed by atoms with van der Waals surface area (Å²) in [4.78, 5) is 0.981. The van der Waals surface area contributed by atoms with E-state index in [9.17, 15) is 8.63 Å². The van der Waals surface area contributed by atoms with Crippen molar-refractivity contribution in [3.8, 4) is 0 Å². The van der Waals surface area contributed by atoms with E-state index in [0.717, 1.165) is 27.2 Å². The van der Waals surface area contributed by atoms with Crippen molar-refractivity contribution in [1.82, 2.24) is 9.79 Å². The monoisotopic (exact) mass is 276 g/mol. The van der Waals surface area contributed by atoms with E-state index in [4.69, 9.17) is 0 Å². The first kappa shape index (κ1) is 12.2. The van der Waals surface area contributed by atoms with E-state index in [-0.39, 0.29) is 0 Å². The molecule has 1 N–H and O–H groups in total. The average Bonchev–Trinajstić information content (AvgIpc) is 3.12. The lowest BCUT2D eigenvalue weighted by molar-refractivity contribution is 0.628. The Morgan fingerprint density at radius 2 is 2.21 bits per heavy atom. The Balaban J connectivity index is 2.18. The van der Waals surface area contributed by atoms with Gasteiger partial charge >= 0.3 is 7.40 Å². The second-order valence-electron chi connectivity index (χ2n) is 4.13. The molecule has 6 heteroatoms. The molecule has 0 aliphatic carbocycles. The normalized spacial score (nSPS) is 16.5. The molecule has 0 spiro atoms. The van der Waals surface area contributed by atoms with Crippen LogP contribution in [-0.2, 0) is 0 Å². The van der Waals surface area contributed by atoms with E-state index < -0.39 is 7.40 Å². The van der Waals surface area contributed by atoms with Crippen LogP contribution in [0.15, 0.2) is 53.7 Å². The molecule has 2 nitrogen and oxygen atoms in total. The van der Waals surface area contributed by atoms with E-state index in [2.05, 4.69) is 5.32 Å². The fraction of sp³-hybridized carbons (Fsp3) is 0.0769. The van der Waals surface area contributed by atoms with Gasteiger partial charge < -0.3 is 9.79 Å². The smallest absolute Gasteiger partial charge is 0.381 e. The Morgan fingerprint density at radius 3 is 2.84 bits per heavy atom. The number of hydrogen-bond acceptors (Lipinski definition) is 2. The quantitative estimate of drug-likeness (QED) is 0.851. The van der Waals surface area contributed by atoms with Crippen molar-refractivity contribution < 1.29 is 8.63 Å². The van der Waals surface area contributed by atoms with Crippen molar-refractivity contribution >= 4 is 24.3 Å². The van der Waals surface area contributed by atoms with Crippen LogP contribution in [-0.4, -0.2) is 18.4 Å². The van der Waals surface area contributed by atoms with Crippen LogP contribution >= 0.6 is 11.3 Å².